The van der Waals surface area contributed by atoms with Gasteiger partial charge in [0.15, 0.2) is 0 Å². The lowest BCUT2D eigenvalue weighted by atomic mass is 10.0. The molecule has 0 saturated carbocycles. The summed E-state index contributed by atoms with van der Waals surface area (Å²) in [7, 11) is 0. The third-order valence-electron chi connectivity index (χ3n) is 7.52. The van der Waals surface area contributed by atoms with E-state index < -0.39 is 5.92 Å². The van der Waals surface area contributed by atoms with Gasteiger partial charge in [-0.15, -0.1) is 0 Å². The van der Waals surface area contributed by atoms with Gasteiger partial charge in [0.05, 0.1) is 42.3 Å². The maximum absolute atomic E-state index is 13.5. The van der Waals surface area contributed by atoms with E-state index in [0.29, 0.717) is 16.8 Å². The third kappa shape index (κ3) is 4.68. The molecule has 1 aromatic carbocycles. The van der Waals surface area contributed by atoms with Gasteiger partial charge in [0.25, 0.3) is 5.92 Å². The van der Waals surface area contributed by atoms with Crippen LogP contribution < -0.4 is 9.80 Å². The van der Waals surface area contributed by atoms with Crippen LogP contribution in [-0.4, -0.2) is 64.7 Å². The van der Waals surface area contributed by atoms with Crippen molar-refractivity contribution in [2.24, 2.45) is 0 Å². The standard InChI is InChI=1S/C29H29F2N7/c1-2-21-3-5-22(6-4-21)17-35-9-11-36(12-10-35)27-8-7-23(15-33-27)26-13-25(37-19-29(30,31)20-37)18-38-28(26)24(14-32)16-34-38/h3-8,13,15-16,18H,2,9-12,17,19-20H2,1H3. The Morgan fingerprint density at radius 2 is 1.68 bits per heavy atom. The second kappa shape index (κ2) is 9.69. The number of rotatable bonds is 6. The van der Waals surface area contributed by atoms with Crippen molar-refractivity contribution >= 4 is 17.0 Å². The van der Waals surface area contributed by atoms with Crippen molar-refractivity contribution in [3.63, 3.8) is 0 Å². The molecule has 5 heterocycles. The lowest BCUT2D eigenvalue weighted by Crippen LogP contribution is -2.56. The van der Waals surface area contributed by atoms with Crippen LogP contribution in [0, 0.1) is 11.3 Å². The Morgan fingerprint density at radius 1 is 0.947 bits per heavy atom. The number of piperazine rings is 1. The predicted molar refractivity (Wildman–Crippen MR) is 144 cm³/mol. The lowest BCUT2D eigenvalue weighted by Gasteiger charge is -2.40. The van der Waals surface area contributed by atoms with Crippen LogP contribution in [0.3, 0.4) is 0 Å². The van der Waals surface area contributed by atoms with Gasteiger partial charge in [-0.05, 0) is 35.7 Å². The monoisotopic (exact) mass is 513 g/mol. The van der Waals surface area contributed by atoms with Crippen LogP contribution in [0.2, 0.25) is 0 Å². The number of hydrogen-bond acceptors (Lipinski definition) is 6. The van der Waals surface area contributed by atoms with Crippen LogP contribution in [0.4, 0.5) is 20.3 Å². The minimum absolute atomic E-state index is 0.322. The third-order valence-corrected chi connectivity index (χ3v) is 7.52. The number of nitriles is 1. The molecule has 194 valence electrons. The van der Waals surface area contributed by atoms with Crippen molar-refractivity contribution in [1.29, 1.82) is 5.26 Å². The van der Waals surface area contributed by atoms with E-state index in [4.69, 9.17) is 4.98 Å². The first-order chi connectivity index (χ1) is 18.4. The van der Waals surface area contributed by atoms with Crippen LogP contribution in [0.1, 0.15) is 23.6 Å². The van der Waals surface area contributed by atoms with E-state index in [2.05, 4.69) is 52.2 Å². The number of benzene rings is 1. The van der Waals surface area contributed by atoms with E-state index in [1.54, 1.807) is 21.8 Å². The van der Waals surface area contributed by atoms with Crippen LogP contribution in [0.15, 0.2) is 61.1 Å². The number of anilines is 2. The largest absolute Gasteiger partial charge is 0.358 e. The molecule has 2 saturated heterocycles. The summed E-state index contributed by atoms with van der Waals surface area (Å²) in [4.78, 5) is 11.1. The van der Waals surface area contributed by atoms with Crippen molar-refractivity contribution in [2.45, 2.75) is 25.8 Å². The van der Waals surface area contributed by atoms with Crippen molar-refractivity contribution in [2.75, 3.05) is 49.1 Å². The normalized spacial score (nSPS) is 17.4. The number of aromatic nitrogens is 3. The molecular formula is C29H29F2N7. The molecule has 3 aromatic heterocycles. The first-order valence-electron chi connectivity index (χ1n) is 13.0. The molecule has 2 aliphatic heterocycles. The van der Waals surface area contributed by atoms with E-state index >= 15 is 0 Å². The molecule has 2 aliphatic rings. The molecule has 0 bridgehead atoms. The summed E-state index contributed by atoms with van der Waals surface area (Å²) < 4.78 is 28.7. The average molecular weight is 514 g/mol. The first-order valence-corrected chi connectivity index (χ1v) is 13.0. The van der Waals surface area contributed by atoms with Crippen LogP contribution >= 0.6 is 0 Å². The maximum Gasteiger partial charge on any atom is 0.282 e. The van der Waals surface area contributed by atoms with E-state index in [1.165, 1.54) is 17.3 Å². The molecule has 4 aromatic rings. The van der Waals surface area contributed by atoms with Crippen LogP contribution in [-0.2, 0) is 13.0 Å². The predicted octanol–water partition coefficient (Wildman–Crippen LogP) is 4.61. The fraction of sp³-hybridized carbons (Fsp3) is 0.345. The van der Waals surface area contributed by atoms with Gasteiger partial charge in [-0.2, -0.15) is 10.4 Å². The van der Waals surface area contributed by atoms with Gasteiger partial charge in [-0.3, -0.25) is 4.90 Å². The summed E-state index contributed by atoms with van der Waals surface area (Å²) in [5, 5.41) is 13.9. The number of halogens is 2. The molecular weight excluding hydrogens is 484 g/mol. The SMILES string of the molecule is CCc1ccc(CN2CCN(c3ccc(-c4cc(N5CC(F)(F)C5)cn5ncc(C#N)c45)cn3)CC2)cc1. The molecule has 0 amide bonds. The number of nitrogens with zero attached hydrogens (tertiary/aromatic N) is 7. The Kier molecular flexibility index (Phi) is 6.20. The van der Waals surface area contributed by atoms with Crippen molar-refractivity contribution < 1.29 is 8.78 Å². The molecule has 0 spiro atoms. The maximum atomic E-state index is 13.5. The molecule has 2 fully saturated rings. The number of fused-ring (bicyclic) bond motifs is 1. The number of aryl methyl sites for hydroxylation is 1. The van der Waals surface area contributed by atoms with Crippen molar-refractivity contribution in [3.05, 3.63) is 77.7 Å². The zero-order valence-corrected chi connectivity index (χ0v) is 21.3. The minimum atomic E-state index is -2.68. The topological polar surface area (TPSA) is 63.7 Å². The molecule has 0 unspecified atom stereocenters. The second-order valence-electron chi connectivity index (χ2n) is 10.1. The highest BCUT2D eigenvalue weighted by Crippen LogP contribution is 2.36. The molecule has 0 radical (unpaired) electrons. The van der Waals surface area contributed by atoms with Crippen LogP contribution in [0.5, 0.6) is 0 Å². The van der Waals surface area contributed by atoms with E-state index in [0.717, 1.165) is 56.1 Å². The summed E-state index contributed by atoms with van der Waals surface area (Å²) in [6.07, 6.45) is 6.07. The zero-order valence-electron chi connectivity index (χ0n) is 21.3. The summed E-state index contributed by atoms with van der Waals surface area (Å²) >= 11 is 0. The van der Waals surface area contributed by atoms with Crippen molar-refractivity contribution in [3.8, 4) is 17.2 Å². The number of pyridine rings is 2. The average Bonchev–Trinajstić information content (AvgIpc) is 3.35. The highest BCUT2D eigenvalue weighted by atomic mass is 19.3. The van der Waals surface area contributed by atoms with E-state index in [-0.39, 0.29) is 13.1 Å². The van der Waals surface area contributed by atoms with Gasteiger partial charge in [0.1, 0.15) is 11.9 Å². The molecule has 7 nitrogen and oxygen atoms in total. The minimum Gasteiger partial charge on any atom is -0.358 e. The lowest BCUT2D eigenvalue weighted by molar-refractivity contribution is -0.0263. The fourth-order valence-electron chi connectivity index (χ4n) is 5.28. The highest BCUT2D eigenvalue weighted by molar-refractivity contribution is 5.86. The molecule has 38 heavy (non-hydrogen) atoms. The Balaban J connectivity index is 1.18. The first kappa shape index (κ1) is 24.3. The molecule has 0 N–H and O–H groups in total. The molecule has 0 aliphatic carbocycles. The fourth-order valence-corrected chi connectivity index (χ4v) is 5.28. The summed E-state index contributed by atoms with van der Waals surface area (Å²) in [5.41, 5.74) is 6.01. The highest BCUT2D eigenvalue weighted by Gasteiger charge is 2.44. The molecule has 0 atom stereocenters. The van der Waals surface area contributed by atoms with Gasteiger partial charge in [0, 0.05) is 50.0 Å². The Labute approximate surface area is 220 Å². The summed E-state index contributed by atoms with van der Waals surface area (Å²) in [6.45, 7) is 6.19. The quantitative estimate of drug-likeness (QED) is 0.375. The van der Waals surface area contributed by atoms with Crippen molar-refractivity contribution in [1.82, 2.24) is 19.5 Å². The van der Waals surface area contributed by atoms with Gasteiger partial charge in [-0.1, -0.05) is 31.2 Å². The van der Waals surface area contributed by atoms with Gasteiger partial charge in [-0.25, -0.2) is 18.3 Å². The van der Waals surface area contributed by atoms with E-state index in [9.17, 15) is 14.0 Å². The van der Waals surface area contributed by atoms with Gasteiger partial charge < -0.3 is 9.80 Å². The van der Waals surface area contributed by atoms with Gasteiger partial charge >= 0.3 is 0 Å². The smallest absolute Gasteiger partial charge is 0.282 e. The summed E-state index contributed by atoms with van der Waals surface area (Å²) in [5.74, 6) is -1.77. The number of hydrogen-bond donors (Lipinski definition) is 0. The Morgan fingerprint density at radius 3 is 2.32 bits per heavy atom. The second-order valence-corrected chi connectivity index (χ2v) is 10.1. The Bertz CT molecular complexity index is 1470. The molecule has 6 rings (SSSR count). The Hall–Kier alpha value is -4.03. The summed E-state index contributed by atoms with van der Waals surface area (Å²) in [6, 6.07) is 16.9. The van der Waals surface area contributed by atoms with Gasteiger partial charge in [0.2, 0.25) is 0 Å². The van der Waals surface area contributed by atoms with Crippen LogP contribution in [0.25, 0.3) is 16.6 Å². The van der Waals surface area contributed by atoms with E-state index in [1.807, 2.05) is 18.2 Å². The number of alkyl halides is 2. The zero-order chi connectivity index (χ0) is 26.3. The molecule has 9 heteroatoms.